The van der Waals surface area contributed by atoms with Gasteiger partial charge in [0, 0.05) is 25.9 Å². The van der Waals surface area contributed by atoms with Gasteiger partial charge in [-0.1, -0.05) is 12.1 Å². The SMILES string of the molecule is Cc1nc2ccccc2n1CCNC(=O)CCc1ccco1. The number of rotatable bonds is 6. The van der Waals surface area contributed by atoms with Crippen molar-refractivity contribution in [2.45, 2.75) is 26.3 Å². The number of furan rings is 1. The second-order valence-electron chi connectivity index (χ2n) is 5.23. The molecule has 5 heteroatoms. The van der Waals surface area contributed by atoms with Gasteiger partial charge in [-0.2, -0.15) is 0 Å². The Kier molecular flexibility index (Phi) is 4.23. The zero-order valence-corrected chi connectivity index (χ0v) is 12.6. The minimum atomic E-state index is 0.0403. The van der Waals surface area contributed by atoms with Crippen molar-refractivity contribution in [1.82, 2.24) is 14.9 Å². The Hall–Kier alpha value is -2.56. The van der Waals surface area contributed by atoms with Crippen molar-refractivity contribution in [3.05, 3.63) is 54.2 Å². The molecule has 1 amide bonds. The van der Waals surface area contributed by atoms with Crippen LogP contribution in [0, 0.1) is 6.92 Å². The Morgan fingerprint density at radius 1 is 1.27 bits per heavy atom. The van der Waals surface area contributed by atoms with E-state index in [0.29, 0.717) is 19.4 Å². The predicted molar refractivity (Wildman–Crippen MR) is 84.5 cm³/mol. The number of nitrogens with one attached hydrogen (secondary N) is 1. The van der Waals surface area contributed by atoms with Crippen LogP contribution in [0.25, 0.3) is 11.0 Å². The van der Waals surface area contributed by atoms with Gasteiger partial charge in [0.25, 0.3) is 0 Å². The van der Waals surface area contributed by atoms with Gasteiger partial charge < -0.3 is 14.3 Å². The first-order valence-corrected chi connectivity index (χ1v) is 7.45. The van der Waals surface area contributed by atoms with Gasteiger partial charge in [0.15, 0.2) is 0 Å². The molecule has 5 nitrogen and oxygen atoms in total. The molecule has 114 valence electrons. The zero-order chi connectivity index (χ0) is 15.4. The number of fused-ring (bicyclic) bond motifs is 1. The third-order valence-electron chi connectivity index (χ3n) is 3.68. The minimum Gasteiger partial charge on any atom is -0.469 e. The van der Waals surface area contributed by atoms with Gasteiger partial charge in [-0.25, -0.2) is 4.98 Å². The summed E-state index contributed by atoms with van der Waals surface area (Å²) >= 11 is 0. The van der Waals surface area contributed by atoms with Gasteiger partial charge in [0.1, 0.15) is 11.6 Å². The summed E-state index contributed by atoms with van der Waals surface area (Å²) in [6.45, 7) is 3.30. The molecule has 1 aromatic carbocycles. The van der Waals surface area contributed by atoms with E-state index in [1.165, 1.54) is 0 Å². The molecule has 0 spiro atoms. The number of aryl methyl sites for hydroxylation is 2. The number of carbonyl (C=O) groups is 1. The fourth-order valence-electron chi connectivity index (χ4n) is 2.57. The average molecular weight is 297 g/mol. The Bertz CT molecular complexity index is 759. The van der Waals surface area contributed by atoms with Crippen LogP contribution in [0.1, 0.15) is 18.0 Å². The maximum atomic E-state index is 11.8. The van der Waals surface area contributed by atoms with Crippen LogP contribution in [0.15, 0.2) is 47.1 Å². The molecule has 0 fully saturated rings. The largest absolute Gasteiger partial charge is 0.469 e. The van der Waals surface area contributed by atoms with Crippen molar-refractivity contribution in [1.29, 1.82) is 0 Å². The Morgan fingerprint density at radius 2 is 2.14 bits per heavy atom. The third kappa shape index (κ3) is 3.19. The molecule has 3 aromatic rings. The molecule has 0 unspecified atom stereocenters. The first-order valence-electron chi connectivity index (χ1n) is 7.45. The molecular weight excluding hydrogens is 278 g/mol. The van der Waals surface area contributed by atoms with Crippen LogP contribution in [0.2, 0.25) is 0 Å². The number of carbonyl (C=O) groups excluding carboxylic acids is 1. The molecule has 0 radical (unpaired) electrons. The number of benzene rings is 1. The Labute approximate surface area is 129 Å². The summed E-state index contributed by atoms with van der Waals surface area (Å²) in [5, 5.41) is 2.95. The quantitative estimate of drug-likeness (QED) is 0.761. The van der Waals surface area contributed by atoms with Crippen molar-refractivity contribution >= 4 is 16.9 Å². The van der Waals surface area contributed by atoms with Crippen LogP contribution >= 0.6 is 0 Å². The fraction of sp³-hybridized carbons (Fsp3) is 0.294. The Morgan fingerprint density at radius 3 is 2.95 bits per heavy atom. The van der Waals surface area contributed by atoms with Gasteiger partial charge in [0.2, 0.25) is 5.91 Å². The van der Waals surface area contributed by atoms with Gasteiger partial charge in [-0.05, 0) is 31.2 Å². The van der Waals surface area contributed by atoms with Gasteiger partial charge >= 0.3 is 0 Å². The van der Waals surface area contributed by atoms with Crippen molar-refractivity contribution in [2.24, 2.45) is 0 Å². The van der Waals surface area contributed by atoms with Crippen LogP contribution in [0.5, 0.6) is 0 Å². The van der Waals surface area contributed by atoms with Crippen LogP contribution in [-0.4, -0.2) is 22.0 Å². The third-order valence-corrected chi connectivity index (χ3v) is 3.68. The summed E-state index contributed by atoms with van der Waals surface area (Å²) in [6.07, 6.45) is 2.70. The summed E-state index contributed by atoms with van der Waals surface area (Å²) in [6, 6.07) is 11.8. The molecule has 0 atom stereocenters. The van der Waals surface area contributed by atoms with Crippen LogP contribution < -0.4 is 5.32 Å². The molecule has 22 heavy (non-hydrogen) atoms. The Balaban J connectivity index is 1.51. The molecule has 2 heterocycles. The average Bonchev–Trinajstić information content (AvgIpc) is 3.13. The van der Waals surface area contributed by atoms with Crippen molar-refractivity contribution in [3.63, 3.8) is 0 Å². The number of aromatic nitrogens is 2. The van der Waals surface area contributed by atoms with Crippen molar-refractivity contribution in [3.8, 4) is 0 Å². The second kappa shape index (κ2) is 6.47. The summed E-state index contributed by atoms with van der Waals surface area (Å²) < 4.78 is 7.35. The predicted octanol–water partition coefficient (Wildman–Crippen LogP) is 2.69. The monoisotopic (exact) mass is 297 g/mol. The smallest absolute Gasteiger partial charge is 0.220 e. The van der Waals surface area contributed by atoms with Crippen molar-refractivity contribution in [2.75, 3.05) is 6.54 Å². The first kappa shape index (κ1) is 14.4. The van der Waals surface area contributed by atoms with Gasteiger partial charge in [-0.3, -0.25) is 4.79 Å². The van der Waals surface area contributed by atoms with E-state index in [-0.39, 0.29) is 5.91 Å². The molecule has 0 saturated carbocycles. The topological polar surface area (TPSA) is 60.1 Å². The lowest BCUT2D eigenvalue weighted by molar-refractivity contribution is -0.121. The number of nitrogens with zero attached hydrogens (tertiary/aromatic N) is 2. The molecule has 0 bridgehead atoms. The molecular formula is C17H19N3O2. The first-order chi connectivity index (χ1) is 10.7. The minimum absolute atomic E-state index is 0.0403. The highest BCUT2D eigenvalue weighted by Gasteiger charge is 2.07. The summed E-state index contributed by atoms with van der Waals surface area (Å²) in [4.78, 5) is 16.4. The lowest BCUT2D eigenvalue weighted by Crippen LogP contribution is -2.27. The standard InChI is InChI=1S/C17H19N3O2/c1-13-19-15-6-2-3-7-16(15)20(13)11-10-18-17(21)9-8-14-5-4-12-22-14/h2-7,12H,8-11H2,1H3,(H,18,21). The van der Waals surface area contributed by atoms with E-state index in [9.17, 15) is 4.79 Å². The van der Waals surface area contributed by atoms with E-state index in [1.54, 1.807) is 6.26 Å². The molecule has 0 saturated heterocycles. The second-order valence-corrected chi connectivity index (χ2v) is 5.23. The normalized spacial score (nSPS) is 11.0. The number of imidazole rings is 1. The maximum absolute atomic E-state index is 11.8. The van der Waals surface area contributed by atoms with Crippen LogP contribution in [0.3, 0.4) is 0 Å². The van der Waals surface area contributed by atoms with E-state index >= 15 is 0 Å². The molecule has 1 N–H and O–H groups in total. The number of amides is 1. The molecule has 0 aliphatic carbocycles. The number of hydrogen-bond donors (Lipinski definition) is 1. The maximum Gasteiger partial charge on any atom is 0.220 e. The fourth-order valence-corrected chi connectivity index (χ4v) is 2.57. The van der Waals surface area contributed by atoms with E-state index < -0.39 is 0 Å². The number of hydrogen-bond acceptors (Lipinski definition) is 3. The summed E-state index contributed by atoms with van der Waals surface area (Å²) in [5.41, 5.74) is 2.09. The molecule has 0 aliphatic rings. The van der Waals surface area contributed by atoms with E-state index in [4.69, 9.17) is 4.42 Å². The van der Waals surface area contributed by atoms with Gasteiger partial charge in [-0.15, -0.1) is 0 Å². The summed E-state index contributed by atoms with van der Waals surface area (Å²) in [7, 11) is 0. The molecule has 3 rings (SSSR count). The highest BCUT2D eigenvalue weighted by atomic mass is 16.3. The van der Waals surface area contributed by atoms with Gasteiger partial charge in [0.05, 0.1) is 17.3 Å². The summed E-state index contributed by atoms with van der Waals surface area (Å²) in [5.74, 6) is 1.84. The molecule has 0 aliphatic heterocycles. The highest BCUT2D eigenvalue weighted by molar-refractivity contribution is 5.77. The van der Waals surface area contributed by atoms with E-state index in [0.717, 1.165) is 29.2 Å². The zero-order valence-electron chi connectivity index (χ0n) is 12.6. The number of para-hydroxylation sites is 2. The van der Waals surface area contributed by atoms with Crippen molar-refractivity contribution < 1.29 is 9.21 Å². The van der Waals surface area contributed by atoms with E-state index in [2.05, 4.69) is 14.9 Å². The lowest BCUT2D eigenvalue weighted by atomic mass is 10.2. The lowest BCUT2D eigenvalue weighted by Gasteiger charge is -2.08. The molecule has 2 aromatic heterocycles. The van der Waals surface area contributed by atoms with Crippen LogP contribution in [-0.2, 0) is 17.8 Å². The van der Waals surface area contributed by atoms with E-state index in [1.807, 2.05) is 43.3 Å². The highest BCUT2D eigenvalue weighted by Crippen LogP contribution is 2.14. The van der Waals surface area contributed by atoms with Crippen LogP contribution in [0.4, 0.5) is 0 Å².